The van der Waals surface area contributed by atoms with Gasteiger partial charge in [-0.3, -0.25) is 9.36 Å². The van der Waals surface area contributed by atoms with Crippen LogP contribution in [-0.2, 0) is 16.6 Å². The van der Waals surface area contributed by atoms with Crippen LogP contribution in [0.1, 0.15) is 5.56 Å². The first kappa shape index (κ1) is 23.3. The van der Waals surface area contributed by atoms with Crippen LogP contribution < -0.4 is 26.5 Å². The molecule has 0 fully saturated rings. The zero-order valence-corrected chi connectivity index (χ0v) is 20.0. The molecule has 0 atom stereocenters. The zero-order chi connectivity index (χ0) is 25.4. The highest BCUT2D eigenvalue weighted by Crippen LogP contribution is 2.34. The van der Waals surface area contributed by atoms with Crippen LogP contribution in [0, 0.1) is 0 Å². The average Bonchev–Trinajstić information content (AvgIpc) is 3.02. The highest BCUT2D eigenvalue weighted by atomic mass is 32.2. The van der Waals surface area contributed by atoms with Crippen LogP contribution in [0.15, 0.2) is 82.5 Å². The van der Waals surface area contributed by atoms with Gasteiger partial charge in [-0.1, -0.05) is 30.3 Å². The first-order valence-corrected chi connectivity index (χ1v) is 12.4. The summed E-state index contributed by atoms with van der Waals surface area (Å²) in [7, 11) is -2.29. The Hall–Kier alpha value is -4.48. The van der Waals surface area contributed by atoms with Gasteiger partial charge in [0, 0.05) is 17.8 Å². The van der Waals surface area contributed by atoms with Crippen molar-refractivity contribution in [3.8, 4) is 11.4 Å². The third-order valence-corrected chi connectivity index (χ3v) is 6.73. The van der Waals surface area contributed by atoms with Crippen molar-refractivity contribution >= 4 is 43.6 Å². The minimum Gasteiger partial charge on any atom is -0.496 e. The maximum Gasteiger partial charge on any atom is 0.279 e. The number of nitrogens with zero attached hydrogens (tertiary/aromatic N) is 3. The molecule has 0 amide bonds. The van der Waals surface area contributed by atoms with E-state index in [1.54, 1.807) is 48.1 Å². The molecule has 0 aliphatic carbocycles. The second-order valence-corrected chi connectivity index (χ2v) is 9.58. The first-order valence-electron chi connectivity index (χ1n) is 10.9. The summed E-state index contributed by atoms with van der Waals surface area (Å²) in [5, 5.41) is 8.89. The Labute approximate surface area is 206 Å². The van der Waals surface area contributed by atoms with Crippen LogP contribution in [0.4, 0.5) is 11.5 Å². The van der Waals surface area contributed by atoms with Gasteiger partial charge in [0.2, 0.25) is 10.0 Å². The molecule has 5 rings (SSSR count). The number of para-hydroxylation sites is 2. The number of primary sulfonamides is 1. The molecule has 0 aliphatic rings. The molecule has 3 aromatic carbocycles. The molecular formula is C25H22N6O4S. The summed E-state index contributed by atoms with van der Waals surface area (Å²) in [4.78, 5) is 22.0. The number of fused-ring (bicyclic) bond motifs is 2. The number of sulfonamides is 1. The molecule has 10 nitrogen and oxygen atoms in total. The third kappa shape index (κ3) is 4.10. The average molecular weight is 503 g/mol. The Morgan fingerprint density at radius 1 is 0.972 bits per heavy atom. The fourth-order valence-electron chi connectivity index (χ4n) is 4.05. The van der Waals surface area contributed by atoms with Crippen molar-refractivity contribution in [1.82, 2.24) is 14.5 Å². The lowest BCUT2D eigenvalue weighted by Crippen LogP contribution is -2.12. The van der Waals surface area contributed by atoms with E-state index in [9.17, 15) is 13.2 Å². The molecule has 5 N–H and O–H groups in total. The van der Waals surface area contributed by atoms with E-state index in [4.69, 9.17) is 20.6 Å². The number of ether oxygens (including phenoxy) is 1. The Kier molecular flexibility index (Phi) is 5.78. The number of nitrogen functional groups attached to an aromatic ring is 1. The minimum atomic E-state index is -3.87. The fraction of sp³-hybridized carbons (Fsp3) is 0.0800. The van der Waals surface area contributed by atoms with Crippen molar-refractivity contribution in [3.05, 3.63) is 88.7 Å². The van der Waals surface area contributed by atoms with Gasteiger partial charge in [-0.05, 0) is 42.5 Å². The normalized spacial score (nSPS) is 11.6. The number of methoxy groups -OCH3 is 1. The predicted molar refractivity (Wildman–Crippen MR) is 139 cm³/mol. The molecule has 11 heteroatoms. The van der Waals surface area contributed by atoms with Crippen LogP contribution >= 0.6 is 0 Å². The molecule has 2 heterocycles. The minimum absolute atomic E-state index is 0.0419. The molecule has 0 spiro atoms. The van der Waals surface area contributed by atoms with Gasteiger partial charge in [-0.25, -0.2) is 23.5 Å². The number of nitrogens with one attached hydrogen (secondary N) is 1. The fourth-order valence-corrected chi connectivity index (χ4v) is 4.57. The van der Waals surface area contributed by atoms with Gasteiger partial charge < -0.3 is 15.8 Å². The topological polar surface area (TPSA) is 155 Å². The van der Waals surface area contributed by atoms with Gasteiger partial charge in [-0.2, -0.15) is 0 Å². The molecule has 0 unspecified atom stereocenters. The summed E-state index contributed by atoms with van der Waals surface area (Å²) in [6.45, 7) is 0.339. The Balaban J connectivity index is 1.75. The number of hydrogen-bond acceptors (Lipinski definition) is 8. The van der Waals surface area contributed by atoms with Crippen LogP contribution in [0.2, 0.25) is 0 Å². The van der Waals surface area contributed by atoms with Crippen molar-refractivity contribution in [2.75, 3.05) is 18.2 Å². The number of aromatic nitrogens is 3. The quantitative estimate of drug-likeness (QED) is 0.320. The summed E-state index contributed by atoms with van der Waals surface area (Å²) < 4.78 is 30.5. The van der Waals surface area contributed by atoms with Crippen LogP contribution in [0.3, 0.4) is 0 Å². The lowest BCUT2D eigenvalue weighted by Gasteiger charge is -2.11. The van der Waals surface area contributed by atoms with Crippen molar-refractivity contribution in [1.29, 1.82) is 0 Å². The summed E-state index contributed by atoms with van der Waals surface area (Å²) >= 11 is 0. The SMILES string of the molecule is COc1ccccc1CNc1c(N)n(-c2ccc(S(N)(=O)=O)cc2)c2nc3ccccc3c(=O)nc12. The number of anilines is 2. The van der Waals surface area contributed by atoms with Crippen molar-refractivity contribution < 1.29 is 13.2 Å². The molecule has 0 radical (unpaired) electrons. The number of rotatable bonds is 6. The largest absolute Gasteiger partial charge is 0.496 e. The molecular weight excluding hydrogens is 480 g/mol. The van der Waals surface area contributed by atoms with Gasteiger partial charge in [0.15, 0.2) is 5.65 Å². The van der Waals surface area contributed by atoms with E-state index in [0.717, 1.165) is 5.56 Å². The van der Waals surface area contributed by atoms with Gasteiger partial charge >= 0.3 is 0 Å². The number of nitrogens with two attached hydrogens (primary N) is 2. The van der Waals surface area contributed by atoms with Crippen LogP contribution in [-0.4, -0.2) is 30.1 Å². The standard InChI is InChI=1S/C25H22N6O4S/c1-35-20-9-5-2-6-15(20)14-28-21-22-24(29-19-8-4-3-7-18(19)25(32)30-22)31(23(21)26)16-10-12-17(13-11-16)36(27,33)34/h2-13,28H,14,26H2,1H3,(H2,27,33,34). The van der Waals surface area contributed by atoms with Gasteiger partial charge in [0.05, 0.1) is 22.9 Å². The van der Waals surface area contributed by atoms with E-state index in [-0.39, 0.29) is 16.2 Å². The van der Waals surface area contributed by atoms with E-state index in [1.807, 2.05) is 24.3 Å². The molecule has 182 valence electrons. The maximum atomic E-state index is 13.0. The van der Waals surface area contributed by atoms with E-state index in [2.05, 4.69) is 10.3 Å². The first-order chi connectivity index (χ1) is 17.3. The second-order valence-electron chi connectivity index (χ2n) is 8.02. The van der Waals surface area contributed by atoms with Gasteiger partial charge in [0.1, 0.15) is 22.8 Å². The lowest BCUT2D eigenvalue weighted by molar-refractivity contribution is 0.410. The van der Waals surface area contributed by atoms with E-state index in [1.165, 1.54) is 12.1 Å². The lowest BCUT2D eigenvalue weighted by atomic mass is 10.2. The zero-order valence-electron chi connectivity index (χ0n) is 19.2. The Bertz CT molecular complexity index is 1780. The summed E-state index contributed by atoms with van der Waals surface area (Å²) in [6.07, 6.45) is 0. The molecule has 0 bridgehead atoms. The molecule has 0 aliphatic heterocycles. The van der Waals surface area contributed by atoms with Crippen molar-refractivity contribution in [3.63, 3.8) is 0 Å². The number of benzene rings is 3. The molecule has 5 aromatic rings. The van der Waals surface area contributed by atoms with E-state index in [0.29, 0.717) is 40.2 Å². The summed E-state index contributed by atoms with van der Waals surface area (Å²) in [5.74, 6) is 0.940. The van der Waals surface area contributed by atoms with E-state index < -0.39 is 15.6 Å². The maximum absolute atomic E-state index is 13.0. The molecule has 2 aromatic heterocycles. The summed E-state index contributed by atoms with van der Waals surface area (Å²) in [6, 6.07) is 20.3. The Morgan fingerprint density at radius 2 is 1.67 bits per heavy atom. The van der Waals surface area contributed by atoms with Crippen LogP contribution in [0.25, 0.3) is 27.8 Å². The van der Waals surface area contributed by atoms with E-state index >= 15 is 0 Å². The highest BCUT2D eigenvalue weighted by molar-refractivity contribution is 7.89. The molecule has 0 saturated carbocycles. The third-order valence-electron chi connectivity index (χ3n) is 5.80. The monoisotopic (exact) mass is 502 g/mol. The molecule has 0 saturated heterocycles. The number of hydrogen-bond donors (Lipinski definition) is 3. The van der Waals surface area contributed by atoms with Crippen molar-refractivity contribution in [2.24, 2.45) is 5.14 Å². The smallest absolute Gasteiger partial charge is 0.279 e. The molecule has 36 heavy (non-hydrogen) atoms. The van der Waals surface area contributed by atoms with Crippen molar-refractivity contribution in [2.45, 2.75) is 11.4 Å². The summed E-state index contributed by atoms with van der Waals surface area (Å²) in [5.41, 5.74) is 9.00. The Morgan fingerprint density at radius 3 is 2.39 bits per heavy atom. The van der Waals surface area contributed by atoms with Gasteiger partial charge in [-0.15, -0.1) is 0 Å². The van der Waals surface area contributed by atoms with Gasteiger partial charge in [0.25, 0.3) is 5.56 Å². The second kappa shape index (κ2) is 8.95. The highest BCUT2D eigenvalue weighted by Gasteiger charge is 2.20. The van der Waals surface area contributed by atoms with Crippen LogP contribution in [0.5, 0.6) is 5.75 Å². The predicted octanol–water partition coefficient (Wildman–Crippen LogP) is 2.78.